The van der Waals surface area contributed by atoms with Crippen molar-refractivity contribution in [1.29, 1.82) is 0 Å². The molecule has 8 heteroatoms. The standard InChI is InChI=1S/C17H21N5O3/c1-10-8-11(19-13-12(10)14(23)21-16(25)20-13)15(24)22-6-3-17(4-7-22)2-5-18-9-17/h8,18H,2-7,9H2,1H3,(H2,19,20,21,23,25). The molecule has 1 spiro atoms. The zero-order chi connectivity index (χ0) is 17.6. The third kappa shape index (κ3) is 2.76. The Kier molecular flexibility index (Phi) is 3.72. The first-order valence-corrected chi connectivity index (χ1v) is 8.61. The van der Waals surface area contributed by atoms with Gasteiger partial charge in [0.2, 0.25) is 0 Å². The number of likely N-dealkylation sites (tertiary alicyclic amines) is 1. The quantitative estimate of drug-likeness (QED) is 0.682. The SMILES string of the molecule is Cc1cc(C(=O)N2CCC3(CCNC3)CC2)nc2[nH]c(=O)[nH]c(=O)c12. The predicted octanol–water partition coefficient (Wildman–Crippen LogP) is 0.136. The van der Waals surface area contributed by atoms with Crippen LogP contribution in [0, 0.1) is 12.3 Å². The summed E-state index contributed by atoms with van der Waals surface area (Å²) in [5.41, 5.74) is 0.276. The number of H-pyrrole nitrogens is 2. The summed E-state index contributed by atoms with van der Waals surface area (Å²) in [5.74, 6) is -0.146. The highest BCUT2D eigenvalue weighted by Gasteiger charge is 2.38. The summed E-state index contributed by atoms with van der Waals surface area (Å²) >= 11 is 0. The van der Waals surface area contributed by atoms with Crippen molar-refractivity contribution in [2.75, 3.05) is 26.2 Å². The second-order valence-corrected chi connectivity index (χ2v) is 7.18. The number of aromatic amines is 2. The van der Waals surface area contributed by atoms with Gasteiger partial charge in [-0.3, -0.25) is 19.6 Å². The van der Waals surface area contributed by atoms with Gasteiger partial charge in [-0.2, -0.15) is 0 Å². The lowest BCUT2D eigenvalue weighted by Crippen LogP contribution is -2.44. The number of hydrogen-bond acceptors (Lipinski definition) is 5. The number of carbonyl (C=O) groups is 1. The van der Waals surface area contributed by atoms with Crippen LogP contribution in [0.2, 0.25) is 0 Å². The molecule has 0 aliphatic carbocycles. The third-order valence-electron chi connectivity index (χ3n) is 5.57. The maximum atomic E-state index is 12.8. The molecule has 0 saturated carbocycles. The maximum Gasteiger partial charge on any atom is 0.327 e. The van der Waals surface area contributed by atoms with E-state index in [4.69, 9.17) is 0 Å². The normalized spacial score (nSPS) is 19.6. The predicted molar refractivity (Wildman–Crippen MR) is 92.8 cm³/mol. The number of amides is 1. The number of nitrogens with one attached hydrogen (secondary N) is 3. The van der Waals surface area contributed by atoms with Crippen molar-refractivity contribution < 1.29 is 4.79 Å². The Morgan fingerprint density at radius 2 is 1.96 bits per heavy atom. The molecule has 132 valence electrons. The largest absolute Gasteiger partial charge is 0.337 e. The van der Waals surface area contributed by atoms with Crippen molar-refractivity contribution in [3.8, 4) is 0 Å². The van der Waals surface area contributed by atoms with Gasteiger partial charge >= 0.3 is 5.69 Å². The maximum absolute atomic E-state index is 12.8. The topological polar surface area (TPSA) is 111 Å². The summed E-state index contributed by atoms with van der Waals surface area (Å²) in [6, 6.07) is 1.62. The van der Waals surface area contributed by atoms with Gasteiger partial charge in [-0.1, -0.05) is 0 Å². The number of rotatable bonds is 1. The van der Waals surface area contributed by atoms with E-state index in [0.29, 0.717) is 29.5 Å². The van der Waals surface area contributed by atoms with Gasteiger partial charge in [0, 0.05) is 19.6 Å². The molecule has 2 aliphatic heterocycles. The number of hydrogen-bond donors (Lipinski definition) is 3. The molecule has 0 aromatic carbocycles. The fraction of sp³-hybridized carbons (Fsp3) is 0.529. The number of carbonyl (C=O) groups excluding carboxylic acids is 1. The van der Waals surface area contributed by atoms with Crippen LogP contribution in [0.4, 0.5) is 0 Å². The van der Waals surface area contributed by atoms with Gasteiger partial charge in [0.15, 0.2) is 0 Å². The van der Waals surface area contributed by atoms with Gasteiger partial charge in [0.1, 0.15) is 11.3 Å². The smallest absolute Gasteiger partial charge is 0.327 e. The minimum atomic E-state index is -0.623. The van der Waals surface area contributed by atoms with E-state index in [1.807, 2.05) is 4.90 Å². The van der Waals surface area contributed by atoms with Gasteiger partial charge in [0.25, 0.3) is 11.5 Å². The van der Waals surface area contributed by atoms with Crippen LogP contribution in [0.3, 0.4) is 0 Å². The van der Waals surface area contributed by atoms with E-state index < -0.39 is 11.2 Å². The van der Waals surface area contributed by atoms with Gasteiger partial charge in [-0.25, -0.2) is 9.78 Å². The average molecular weight is 343 g/mol. The Morgan fingerprint density at radius 3 is 2.64 bits per heavy atom. The fourth-order valence-electron chi connectivity index (χ4n) is 4.03. The van der Waals surface area contributed by atoms with Crippen molar-refractivity contribution >= 4 is 16.9 Å². The summed E-state index contributed by atoms with van der Waals surface area (Å²) in [5, 5.41) is 3.73. The molecule has 4 heterocycles. The first kappa shape index (κ1) is 16.0. The Balaban J connectivity index is 1.62. The summed E-state index contributed by atoms with van der Waals surface area (Å²) in [4.78, 5) is 47.0. The number of pyridine rings is 1. The second kappa shape index (κ2) is 5.80. The molecule has 4 rings (SSSR count). The highest BCUT2D eigenvalue weighted by Crippen LogP contribution is 2.37. The number of aromatic nitrogens is 3. The lowest BCUT2D eigenvalue weighted by Gasteiger charge is -2.38. The average Bonchev–Trinajstić information content (AvgIpc) is 3.02. The molecule has 1 amide bonds. The second-order valence-electron chi connectivity index (χ2n) is 7.18. The lowest BCUT2D eigenvalue weighted by molar-refractivity contribution is 0.0602. The van der Waals surface area contributed by atoms with E-state index in [2.05, 4.69) is 20.3 Å². The van der Waals surface area contributed by atoms with Crippen LogP contribution < -0.4 is 16.6 Å². The van der Waals surface area contributed by atoms with Crippen molar-refractivity contribution in [3.63, 3.8) is 0 Å². The molecule has 3 N–H and O–H groups in total. The van der Waals surface area contributed by atoms with Gasteiger partial charge in [0.05, 0.1) is 5.39 Å². The van der Waals surface area contributed by atoms with Crippen molar-refractivity contribution in [2.24, 2.45) is 5.41 Å². The molecule has 0 atom stereocenters. The number of nitrogens with zero attached hydrogens (tertiary/aromatic N) is 2. The van der Waals surface area contributed by atoms with E-state index >= 15 is 0 Å². The number of piperidine rings is 1. The molecule has 2 aliphatic rings. The molecule has 2 aromatic rings. The van der Waals surface area contributed by atoms with Crippen molar-refractivity contribution in [3.05, 3.63) is 38.2 Å². The van der Waals surface area contributed by atoms with E-state index in [1.165, 1.54) is 6.42 Å². The molecular formula is C17H21N5O3. The molecule has 2 fully saturated rings. The molecule has 2 saturated heterocycles. The van der Waals surface area contributed by atoms with E-state index in [9.17, 15) is 14.4 Å². The van der Waals surface area contributed by atoms with Crippen LogP contribution >= 0.6 is 0 Å². The molecular weight excluding hydrogens is 322 g/mol. The highest BCUT2D eigenvalue weighted by molar-refractivity contribution is 5.95. The number of fused-ring (bicyclic) bond motifs is 1. The zero-order valence-electron chi connectivity index (χ0n) is 14.1. The molecule has 25 heavy (non-hydrogen) atoms. The monoisotopic (exact) mass is 343 g/mol. The van der Waals surface area contributed by atoms with Gasteiger partial charge in [-0.05, 0) is 49.8 Å². The number of aryl methyl sites for hydroxylation is 1. The minimum Gasteiger partial charge on any atom is -0.337 e. The van der Waals surface area contributed by atoms with Gasteiger partial charge < -0.3 is 10.2 Å². The van der Waals surface area contributed by atoms with Crippen LogP contribution in [0.1, 0.15) is 35.3 Å². The minimum absolute atomic E-state index is 0.146. The first-order valence-electron chi connectivity index (χ1n) is 8.61. The van der Waals surface area contributed by atoms with Crippen LogP contribution in [-0.4, -0.2) is 51.9 Å². The Morgan fingerprint density at radius 1 is 1.20 bits per heavy atom. The van der Waals surface area contributed by atoms with E-state index in [0.717, 1.165) is 25.9 Å². The molecule has 0 radical (unpaired) electrons. The summed E-state index contributed by atoms with van der Waals surface area (Å²) in [7, 11) is 0. The summed E-state index contributed by atoms with van der Waals surface area (Å²) in [6.45, 7) is 5.26. The van der Waals surface area contributed by atoms with Crippen LogP contribution in [-0.2, 0) is 0 Å². The van der Waals surface area contributed by atoms with E-state index in [-0.39, 0.29) is 17.2 Å². The Bertz CT molecular complexity index is 945. The van der Waals surface area contributed by atoms with Crippen LogP contribution in [0.25, 0.3) is 11.0 Å². The summed E-state index contributed by atoms with van der Waals surface area (Å²) in [6.07, 6.45) is 3.16. The zero-order valence-corrected chi connectivity index (χ0v) is 14.1. The third-order valence-corrected chi connectivity index (χ3v) is 5.57. The molecule has 8 nitrogen and oxygen atoms in total. The molecule has 0 bridgehead atoms. The van der Waals surface area contributed by atoms with E-state index in [1.54, 1.807) is 13.0 Å². The summed E-state index contributed by atoms with van der Waals surface area (Å²) < 4.78 is 0. The molecule has 0 unspecified atom stereocenters. The molecule has 2 aromatic heterocycles. The Hall–Kier alpha value is -2.48. The van der Waals surface area contributed by atoms with Crippen molar-refractivity contribution in [2.45, 2.75) is 26.2 Å². The van der Waals surface area contributed by atoms with Gasteiger partial charge in [-0.15, -0.1) is 0 Å². The highest BCUT2D eigenvalue weighted by atomic mass is 16.2. The van der Waals surface area contributed by atoms with Crippen LogP contribution in [0.15, 0.2) is 15.7 Å². The van der Waals surface area contributed by atoms with Crippen molar-refractivity contribution in [1.82, 2.24) is 25.2 Å². The lowest BCUT2D eigenvalue weighted by atomic mass is 9.78. The van der Waals surface area contributed by atoms with Crippen LogP contribution in [0.5, 0.6) is 0 Å². The first-order chi connectivity index (χ1) is 12.0. The Labute approximate surface area is 143 Å². The fourth-order valence-corrected chi connectivity index (χ4v) is 4.03.